The Morgan fingerprint density at radius 3 is 2.75 bits per heavy atom. The van der Waals surface area contributed by atoms with E-state index in [0.29, 0.717) is 31.7 Å². The van der Waals surface area contributed by atoms with Crippen molar-refractivity contribution in [1.82, 2.24) is 14.8 Å². The first-order valence-electron chi connectivity index (χ1n) is 13.3. The van der Waals surface area contributed by atoms with E-state index in [4.69, 9.17) is 9.57 Å². The third-order valence-corrected chi connectivity index (χ3v) is 7.79. The molecule has 2 bridgehead atoms. The van der Waals surface area contributed by atoms with Crippen LogP contribution in [0.4, 0.5) is 8.78 Å². The van der Waals surface area contributed by atoms with E-state index in [0.717, 1.165) is 11.8 Å². The molecule has 2 aromatic rings. The van der Waals surface area contributed by atoms with Crippen LogP contribution in [0.2, 0.25) is 0 Å². The second-order valence-corrected chi connectivity index (χ2v) is 10.6. The molecule has 12 heteroatoms. The number of carbonyl (C=O) groups is 3. The Labute approximate surface area is 230 Å². The molecule has 10 nitrogen and oxygen atoms in total. The number of nitrogens with zero attached hydrogens (tertiary/aromatic N) is 3. The first-order valence-corrected chi connectivity index (χ1v) is 13.3. The number of hydrogen-bond acceptors (Lipinski definition) is 7. The molecule has 1 fully saturated rings. The number of fused-ring (bicyclic) bond motifs is 5. The fourth-order valence-electron chi connectivity index (χ4n) is 5.67. The number of benzene rings is 1. The zero-order valence-electron chi connectivity index (χ0n) is 22.5. The molecule has 0 aliphatic carbocycles. The summed E-state index contributed by atoms with van der Waals surface area (Å²) < 4.78 is 34.5. The van der Waals surface area contributed by atoms with Crippen LogP contribution in [-0.2, 0) is 16.2 Å². The van der Waals surface area contributed by atoms with Crippen molar-refractivity contribution in [2.75, 3.05) is 6.54 Å². The highest BCUT2D eigenvalue weighted by Crippen LogP contribution is 2.46. The Morgan fingerprint density at radius 2 is 2.08 bits per heavy atom. The van der Waals surface area contributed by atoms with Gasteiger partial charge in [0.25, 0.3) is 11.8 Å². The number of carbonyl (C=O) groups excluding carboxylic acids is 3. The van der Waals surface area contributed by atoms with Crippen LogP contribution in [0.3, 0.4) is 0 Å². The van der Waals surface area contributed by atoms with E-state index in [2.05, 4.69) is 10.5 Å². The van der Waals surface area contributed by atoms with Crippen LogP contribution in [0.15, 0.2) is 34.3 Å². The number of nitrogens with one attached hydrogen (secondary N) is 1. The highest BCUT2D eigenvalue weighted by atomic mass is 19.1. The predicted molar refractivity (Wildman–Crippen MR) is 141 cm³/mol. The zero-order valence-corrected chi connectivity index (χ0v) is 22.5. The van der Waals surface area contributed by atoms with Crippen molar-refractivity contribution >= 4 is 23.5 Å². The van der Waals surface area contributed by atoms with E-state index < -0.39 is 57.8 Å². The summed E-state index contributed by atoms with van der Waals surface area (Å²) in [5, 5.41) is 6.66. The van der Waals surface area contributed by atoms with Crippen LogP contribution in [0, 0.1) is 11.6 Å². The fourth-order valence-corrected chi connectivity index (χ4v) is 5.67. The molecule has 4 heterocycles. The second kappa shape index (κ2) is 10.5. The van der Waals surface area contributed by atoms with Crippen LogP contribution < -0.4 is 15.5 Å². The monoisotopic (exact) mass is 558 g/mol. The summed E-state index contributed by atoms with van der Waals surface area (Å²) in [7, 11) is 0. The standard InChI is InChI=1S/C28H30F2N4O6.H2/c1-4-5-22(35)39-25-23-27(38)33-14-21(28(9-8-16(33)3)11-15(2)32-40-28)34(23)13-19(24(25)36)26(37)31-12-17-6-7-18(29)10-20(17)30;/h6-7,10,13,16,21H,4-5,8-9,11-12,14H2,1-3H3,(H,31,37);1H/t16-,21+,28-;/m0./s1. The largest absolute Gasteiger partial charge is 0.420 e. The maximum Gasteiger partial charge on any atom is 0.311 e. The number of oxime groups is 1. The summed E-state index contributed by atoms with van der Waals surface area (Å²) in [4.78, 5) is 60.9. The quantitative estimate of drug-likeness (QED) is 0.540. The SMILES string of the molecule is CCCC(=O)Oc1c2n(cc(C(=O)NCc3ccc(F)cc3F)c1=O)[C@@H]1CN(C2=O)[C@@H](C)CC[C@]12CC(C)=NO2.[HH]. The van der Waals surface area contributed by atoms with Crippen molar-refractivity contribution in [2.24, 2.45) is 5.16 Å². The summed E-state index contributed by atoms with van der Waals surface area (Å²) in [6.07, 6.45) is 3.38. The lowest BCUT2D eigenvalue weighted by molar-refractivity contribution is -0.134. The summed E-state index contributed by atoms with van der Waals surface area (Å²) in [6.45, 7) is 5.42. The van der Waals surface area contributed by atoms with Crippen molar-refractivity contribution in [3.05, 3.63) is 63.1 Å². The van der Waals surface area contributed by atoms with Gasteiger partial charge in [-0.2, -0.15) is 0 Å². The van der Waals surface area contributed by atoms with E-state index in [9.17, 15) is 28.0 Å². The number of esters is 1. The van der Waals surface area contributed by atoms with Gasteiger partial charge in [-0.05, 0) is 39.2 Å². The molecule has 1 N–H and O–H groups in total. The third-order valence-electron chi connectivity index (χ3n) is 7.79. The Hall–Kier alpha value is -4.09. The van der Waals surface area contributed by atoms with Crippen LogP contribution in [0.1, 0.15) is 86.8 Å². The fraction of sp³-hybridized carbons (Fsp3) is 0.464. The molecule has 0 unspecified atom stereocenters. The number of rotatable bonds is 6. The highest BCUT2D eigenvalue weighted by Gasteiger charge is 2.54. The second-order valence-electron chi connectivity index (χ2n) is 10.6. The van der Waals surface area contributed by atoms with Gasteiger partial charge in [-0.3, -0.25) is 19.2 Å². The topological polar surface area (TPSA) is 119 Å². The molecular formula is C28H32F2N4O6. The molecule has 3 aliphatic rings. The number of halogens is 2. The van der Waals surface area contributed by atoms with Crippen molar-refractivity contribution < 1.29 is 34.2 Å². The molecule has 1 saturated heterocycles. The average Bonchev–Trinajstić information content (AvgIpc) is 3.23. The highest BCUT2D eigenvalue weighted by molar-refractivity contribution is 6.00. The van der Waals surface area contributed by atoms with Gasteiger partial charge < -0.3 is 24.4 Å². The first kappa shape index (κ1) is 27.5. The Kier molecular flexibility index (Phi) is 7.19. The van der Waals surface area contributed by atoms with Crippen molar-refractivity contribution in [3.63, 3.8) is 0 Å². The average molecular weight is 559 g/mol. The lowest BCUT2D eigenvalue weighted by atomic mass is 9.84. The van der Waals surface area contributed by atoms with Crippen molar-refractivity contribution in [3.8, 4) is 5.75 Å². The summed E-state index contributed by atoms with van der Waals surface area (Å²) >= 11 is 0. The van der Waals surface area contributed by atoms with Gasteiger partial charge in [-0.25, -0.2) is 8.78 Å². The molecule has 1 spiro atoms. The molecule has 1 aromatic carbocycles. The lowest BCUT2D eigenvalue weighted by Crippen LogP contribution is -2.52. The number of amides is 2. The van der Waals surface area contributed by atoms with Gasteiger partial charge in [0.1, 0.15) is 17.2 Å². The summed E-state index contributed by atoms with van der Waals surface area (Å²) in [5.74, 6) is -4.23. The Morgan fingerprint density at radius 1 is 1.30 bits per heavy atom. The van der Waals surface area contributed by atoms with Gasteiger partial charge >= 0.3 is 5.97 Å². The minimum absolute atomic E-state index is 0. The Bertz CT molecular complexity index is 1490. The van der Waals surface area contributed by atoms with Gasteiger partial charge in [0.05, 0.1) is 11.8 Å². The molecule has 3 atom stereocenters. The number of aromatic nitrogens is 1. The Balaban J connectivity index is 0.00000387. The summed E-state index contributed by atoms with van der Waals surface area (Å²) in [6, 6.07) is 2.20. The molecule has 2 amide bonds. The van der Waals surface area contributed by atoms with Crippen molar-refractivity contribution in [2.45, 2.75) is 77.1 Å². The molecule has 0 radical (unpaired) electrons. The minimum atomic E-state index is -0.942. The van der Waals surface area contributed by atoms with Crippen LogP contribution in [-0.4, -0.2) is 51.2 Å². The smallest absolute Gasteiger partial charge is 0.311 e. The molecule has 0 saturated carbocycles. The van der Waals surface area contributed by atoms with Gasteiger partial charge in [-0.1, -0.05) is 18.1 Å². The summed E-state index contributed by atoms with van der Waals surface area (Å²) in [5.41, 5.74) is -1.52. The van der Waals surface area contributed by atoms with Crippen LogP contribution in [0.5, 0.6) is 5.75 Å². The first-order chi connectivity index (χ1) is 19.0. The molecule has 1 aromatic heterocycles. The maximum atomic E-state index is 14.2. The van der Waals surface area contributed by atoms with Crippen molar-refractivity contribution in [1.29, 1.82) is 0 Å². The minimum Gasteiger partial charge on any atom is -0.420 e. The molecule has 3 aliphatic heterocycles. The third kappa shape index (κ3) is 4.75. The van der Waals surface area contributed by atoms with Gasteiger partial charge in [0.2, 0.25) is 11.2 Å². The predicted octanol–water partition coefficient (Wildman–Crippen LogP) is 3.72. The molecular weight excluding hydrogens is 526 g/mol. The normalized spacial score (nSPS) is 23.3. The van der Waals surface area contributed by atoms with Crippen LogP contribution >= 0.6 is 0 Å². The van der Waals surface area contributed by atoms with E-state index >= 15 is 0 Å². The lowest BCUT2D eigenvalue weighted by Gasteiger charge is -2.42. The molecule has 214 valence electrons. The van der Waals surface area contributed by atoms with E-state index in [1.165, 1.54) is 16.8 Å². The van der Waals surface area contributed by atoms with E-state index in [-0.39, 0.29) is 38.2 Å². The van der Waals surface area contributed by atoms with E-state index in [1.807, 2.05) is 13.8 Å². The van der Waals surface area contributed by atoms with E-state index in [1.54, 1.807) is 11.8 Å². The number of hydrogen-bond donors (Lipinski definition) is 1. The van der Waals surface area contributed by atoms with Gasteiger partial charge in [-0.15, -0.1) is 0 Å². The zero-order chi connectivity index (χ0) is 28.8. The maximum absolute atomic E-state index is 14.2. The van der Waals surface area contributed by atoms with Gasteiger partial charge in [0.15, 0.2) is 11.3 Å². The van der Waals surface area contributed by atoms with Crippen LogP contribution in [0.25, 0.3) is 0 Å². The van der Waals surface area contributed by atoms with Gasteiger partial charge in [0, 0.05) is 51.2 Å². The number of pyridine rings is 1. The number of ether oxygens (including phenoxy) is 1. The molecule has 5 rings (SSSR count). The molecule has 40 heavy (non-hydrogen) atoms.